The van der Waals surface area contributed by atoms with E-state index in [-0.39, 0.29) is 30.6 Å². The Morgan fingerprint density at radius 2 is 1.89 bits per heavy atom. The molecule has 1 atom stereocenters. The van der Waals surface area contributed by atoms with Gasteiger partial charge in [-0.2, -0.15) is 0 Å². The highest BCUT2D eigenvalue weighted by Crippen LogP contribution is 2.43. The molecule has 0 unspecified atom stereocenters. The zero-order valence-electron chi connectivity index (χ0n) is 15.9. The standard InChI is InChI=1S/C22H25F3N2O/c1-13(27-21(28)16-11-22(24,25)12-16)14-2-4-15(5-3-14)18-8-9-26-20-7-6-17(23)10-19(18)20/h6-10,13-16H,2-5,11-12H2,1H3,(H,27,28)/t13-,14-,15+/m1/s1. The van der Waals surface area contributed by atoms with Crippen molar-refractivity contribution in [3.05, 3.63) is 41.8 Å². The Labute approximate surface area is 162 Å². The molecule has 0 bridgehead atoms. The molecule has 4 rings (SSSR count). The van der Waals surface area contributed by atoms with E-state index < -0.39 is 11.8 Å². The van der Waals surface area contributed by atoms with Crippen LogP contribution in [-0.4, -0.2) is 22.9 Å². The number of alkyl halides is 2. The van der Waals surface area contributed by atoms with Crippen molar-refractivity contribution in [2.24, 2.45) is 11.8 Å². The lowest BCUT2D eigenvalue weighted by Crippen LogP contribution is -2.49. The fraction of sp³-hybridized carbons (Fsp3) is 0.545. The third kappa shape index (κ3) is 3.87. The molecule has 0 saturated heterocycles. The topological polar surface area (TPSA) is 42.0 Å². The second kappa shape index (κ2) is 7.37. The number of amides is 1. The Morgan fingerprint density at radius 3 is 2.57 bits per heavy atom. The van der Waals surface area contributed by atoms with Crippen LogP contribution >= 0.6 is 0 Å². The van der Waals surface area contributed by atoms with Gasteiger partial charge in [0.05, 0.1) is 5.52 Å². The van der Waals surface area contributed by atoms with Crippen LogP contribution in [0.15, 0.2) is 30.5 Å². The van der Waals surface area contributed by atoms with E-state index in [0.29, 0.717) is 11.8 Å². The number of pyridine rings is 1. The van der Waals surface area contributed by atoms with Gasteiger partial charge in [0.1, 0.15) is 5.82 Å². The van der Waals surface area contributed by atoms with Gasteiger partial charge in [0.25, 0.3) is 0 Å². The molecule has 28 heavy (non-hydrogen) atoms. The first-order valence-corrected chi connectivity index (χ1v) is 10.0. The number of fused-ring (bicyclic) bond motifs is 1. The molecule has 0 radical (unpaired) electrons. The molecule has 0 aliphatic heterocycles. The summed E-state index contributed by atoms with van der Waals surface area (Å²) in [6.07, 6.45) is 4.94. The van der Waals surface area contributed by atoms with Crippen molar-refractivity contribution in [2.75, 3.05) is 0 Å². The molecule has 1 amide bonds. The van der Waals surface area contributed by atoms with E-state index in [0.717, 1.165) is 42.1 Å². The molecule has 3 nitrogen and oxygen atoms in total. The summed E-state index contributed by atoms with van der Waals surface area (Å²) in [5, 5.41) is 3.82. The maximum absolute atomic E-state index is 13.7. The molecular weight excluding hydrogens is 365 g/mol. The molecule has 1 aromatic carbocycles. The first-order valence-electron chi connectivity index (χ1n) is 10.0. The fourth-order valence-electron chi connectivity index (χ4n) is 4.73. The third-order valence-electron chi connectivity index (χ3n) is 6.49. The second-order valence-corrected chi connectivity index (χ2v) is 8.43. The van der Waals surface area contributed by atoms with E-state index in [1.54, 1.807) is 18.3 Å². The maximum Gasteiger partial charge on any atom is 0.249 e. The summed E-state index contributed by atoms with van der Waals surface area (Å²) in [7, 11) is 0. The predicted octanol–water partition coefficient (Wildman–Crippen LogP) is 5.20. The molecule has 1 N–H and O–H groups in total. The third-order valence-corrected chi connectivity index (χ3v) is 6.49. The predicted molar refractivity (Wildman–Crippen MR) is 102 cm³/mol. The Bertz CT molecular complexity index is 869. The van der Waals surface area contributed by atoms with E-state index in [4.69, 9.17) is 0 Å². The smallest absolute Gasteiger partial charge is 0.249 e. The van der Waals surface area contributed by atoms with Crippen LogP contribution in [0.4, 0.5) is 13.2 Å². The maximum atomic E-state index is 13.7. The zero-order valence-corrected chi connectivity index (χ0v) is 15.9. The quantitative estimate of drug-likeness (QED) is 0.780. The summed E-state index contributed by atoms with van der Waals surface area (Å²) in [6, 6.07) is 6.66. The van der Waals surface area contributed by atoms with Crippen LogP contribution in [-0.2, 0) is 4.79 Å². The number of halogens is 3. The largest absolute Gasteiger partial charge is 0.353 e. The number of aromatic nitrogens is 1. The van der Waals surface area contributed by atoms with Gasteiger partial charge in [-0.15, -0.1) is 0 Å². The van der Waals surface area contributed by atoms with Gasteiger partial charge in [0.15, 0.2) is 0 Å². The van der Waals surface area contributed by atoms with Crippen LogP contribution in [0, 0.1) is 17.7 Å². The monoisotopic (exact) mass is 390 g/mol. The minimum Gasteiger partial charge on any atom is -0.353 e. The molecule has 150 valence electrons. The van der Waals surface area contributed by atoms with Gasteiger partial charge in [0.2, 0.25) is 11.8 Å². The number of nitrogens with one attached hydrogen (secondary N) is 1. The number of hydrogen-bond acceptors (Lipinski definition) is 2. The van der Waals surface area contributed by atoms with E-state index in [1.165, 1.54) is 6.07 Å². The van der Waals surface area contributed by atoms with Gasteiger partial charge in [-0.3, -0.25) is 9.78 Å². The van der Waals surface area contributed by atoms with E-state index in [9.17, 15) is 18.0 Å². The Morgan fingerprint density at radius 1 is 1.18 bits per heavy atom. The highest BCUT2D eigenvalue weighted by molar-refractivity contribution is 5.82. The Balaban J connectivity index is 1.36. The SMILES string of the molecule is C[C@@H](NC(=O)C1CC(F)(F)C1)[C@H]1CC[C@@H](c2ccnc3ccc(F)cc32)CC1. The average Bonchev–Trinajstić information content (AvgIpc) is 2.65. The highest BCUT2D eigenvalue weighted by atomic mass is 19.3. The molecule has 2 aromatic rings. The van der Waals surface area contributed by atoms with Crippen molar-refractivity contribution >= 4 is 16.8 Å². The van der Waals surface area contributed by atoms with Gasteiger partial charge in [-0.25, -0.2) is 13.2 Å². The minimum absolute atomic E-state index is 0.0192. The van der Waals surface area contributed by atoms with Crippen LogP contribution in [0.25, 0.3) is 10.9 Å². The summed E-state index contributed by atoms with van der Waals surface area (Å²) in [4.78, 5) is 16.5. The number of carbonyl (C=O) groups is 1. The van der Waals surface area contributed by atoms with Crippen molar-refractivity contribution in [3.8, 4) is 0 Å². The van der Waals surface area contributed by atoms with Gasteiger partial charge in [0, 0.05) is 36.4 Å². The van der Waals surface area contributed by atoms with E-state index >= 15 is 0 Å². The Kier molecular flexibility index (Phi) is 5.06. The second-order valence-electron chi connectivity index (χ2n) is 8.43. The molecule has 2 aliphatic rings. The Hall–Kier alpha value is -2.11. The lowest BCUT2D eigenvalue weighted by atomic mass is 9.75. The van der Waals surface area contributed by atoms with E-state index in [1.807, 2.05) is 13.0 Å². The van der Waals surface area contributed by atoms with Crippen molar-refractivity contribution in [2.45, 2.75) is 63.3 Å². The first-order chi connectivity index (χ1) is 13.3. The normalized spacial score (nSPS) is 25.9. The van der Waals surface area contributed by atoms with Crippen molar-refractivity contribution in [1.29, 1.82) is 0 Å². The molecule has 1 heterocycles. The summed E-state index contributed by atoms with van der Waals surface area (Å²) in [5.74, 6) is -3.03. The minimum atomic E-state index is -2.67. The number of carbonyl (C=O) groups excluding carboxylic acids is 1. The molecule has 1 aromatic heterocycles. The number of hydrogen-bond donors (Lipinski definition) is 1. The number of rotatable bonds is 4. The molecule has 2 fully saturated rings. The fourth-order valence-corrected chi connectivity index (χ4v) is 4.73. The van der Waals surface area contributed by atoms with Gasteiger partial charge in [-0.05, 0) is 74.3 Å². The molecule has 2 aliphatic carbocycles. The summed E-state index contributed by atoms with van der Waals surface area (Å²) >= 11 is 0. The number of nitrogens with zero attached hydrogens (tertiary/aromatic N) is 1. The van der Waals surface area contributed by atoms with Crippen molar-refractivity contribution in [3.63, 3.8) is 0 Å². The van der Waals surface area contributed by atoms with Crippen LogP contribution in [0.2, 0.25) is 0 Å². The molecular formula is C22H25F3N2O. The van der Waals surface area contributed by atoms with E-state index in [2.05, 4.69) is 10.3 Å². The summed E-state index contributed by atoms with van der Waals surface area (Å²) in [6.45, 7) is 1.97. The van der Waals surface area contributed by atoms with Gasteiger partial charge >= 0.3 is 0 Å². The highest BCUT2D eigenvalue weighted by Gasteiger charge is 2.49. The first kappa shape index (κ1) is 19.2. The molecule has 6 heteroatoms. The lowest BCUT2D eigenvalue weighted by molar-refractivity contribution is -0.151. The van der Waals surface area contributed by atoms with Crippen molar-refractivity contribution in [1.82, 2.24) is 10.3 Å². The van der Waals surface area contributed by atoms with Crippen molar-refractivity contribution < 1.29 is 18.0 Å². The average molecular weight is 390 g/mol. The van der Waals surface area contributed by atoms with Crippen LogP contribution in [0.5, 0.6) is 0 Å². The zero-order chi connectivity index (χ0) is 19.9. The van der Waals surface area contributed by atoms with Crippen LogP contribution in [0.3, 0.4) is 0 Å². The van der Waals surface area contributed by atoms with Crippen LogP contribution < -0.4 is 5.32 Å². The molecule has 0 spiro atoms. The van der Waals surface area contributed by atoms with Gasteiger partial charge < -0.3 is 5.32 Å². The molecule has 2 saturated carbocycles. The lowest BCUT2D eigenvalue weighted by Gasteiger charge is -2.37. The number of benzene rings is 1. The summed E-state index contributed by atoms with van der Waals surface area (Å²) in [5.41, 5.74) is 1.94. The summed E-state index contributed by atoms with van der Waals surface area (Å²) < 4.78 is 39.7. The van der Waals surface area contributed by atoms with Gasteiger partial charge in [-0.1, -0.05) is 0 Å². The van der Waals surface area contributed by atoms with Crippen LogP contribution in [0.1, 0.15) is 56.9 Å².